The first-order chi connectivity index (χ1) is 17.0. The van der Waals surface area contributed by atoms with Crippen molar-refractivity contribution < 1.29 is 4.74 Å². The molecule has 0 aliphatic carbocycles. The molecule has 10 heteroatoms. The smallest absolute Gasteiger partial charge is 0.229 e. The van der Waals surface area contributed by atoms with Crippen LogP contribution in [-0.4, -0.2) is 69.9 Å². The van der Waals surface area contributed by atoms with E-state index in [4.69, 9.17) is 25.4 Å². The van der Waals surface area contributed by atoms with Crippen LogP contribution in [0.2, 0.25) is 0 Å². The van der Waals surface area contributed by atoms with Gasteiger partial charge in [-0.25, -0.2) is 9.97 Å². The zero-order valence-corrected chi connectivity index (χ0v) is 21.0. The van der Waals surface area contributed by atoms with Gasteiger partial charge in [0, 0.05) is 63.7 Å². The monoisotopic (exact) mass is 479 g/mol. The fourth-order valence-corrected chi connectivity index (χ4v) is 4.98. The maximum Gasteiger partial charge on any atom is 0.229 e. The van der Waals surface area contributed by atoms with E-state index in [0.29, 0.717) is 12.6 Å². The Hall–Kier alpha value is -2.98. The average molecular weight is 480 g/mol. The summed E-state index contributed by atoms with van der Waals surface area (Å²) in [5.41, 5.74) is 8.93. The Kier molecular flexibility index (Phi) is 7.01. The van der Waals surface area contributed by atoms with E-state index in [2.05, 4.69) is 44.6 Å². The van der Waals surface area contributed by atoms with Gasteiger partial charge in [0.2, 0.25) is 5.95 Å². The van der Waals surface area contributed by atoms with Gasteiger partial charge >= 0.3 is 0 Å². The predicted molar refractivity (Wildman–Crippen MR) is 139 cm³/mol. The Morgan fingerprint density at radius 3 is 2.51 bits per heavy atom. The molecular formula is C25H37N9O. The van der Waals surface area contributed by atoms with Crippen molar-refractivity contribution >= 4 is 28.7 Å². The molecule has 5 heterocycles. The normalized spacial score (nSPS) is 18.1. The fourth-order valence-electron chi connectivity index (χ4n) is 4.98. The number of nitrogens with zero attached hydrogens (tertiary/aromatic N) is 7. The molecule has 35 heavy (non-hydrogen) atoms. The van der Waals surface area contributed by atoms with Gasteiger partial charge in [0.25, 0.3) is 0 Å². The average Bonchev–Trinajstić information content (AvgIpc) is 3.32. The molecule has 2 fully saturated rings. The third kappa shape index (κ3) is 5.04. The zero-order chi connectivity index (χ0) is 24.4. The van der Waals surface area contributed by atoms with E-state index < -0.39 is 0 Å². The number of hydrogen-bond acceptors (Lipinski definition) is 9. The number of fused-ring (bicyclic) bond motifs is 1. The second kappa shape index (κ2) is 10.3. The van der Waals surface area contributed by atoms with Gasteiger partial charge in [-0.15, -0.1) is 0 Å². The number of piperidine rings is 2. The summed E-state index contributed by atoms with van der Waals surface area (Å²) in [7, 11) is 1.80. The third-order valence-corrected chi connectivity index (χ3v) is 7.18. The van der Waals surface area contributed by atoms with Crippen LogP contribution in [0.5, 0.6) is 0 Å². The SMILES string of the molecule is COC1CCN(c2ncccc2CNc2nc(N3CCC(N)CC3)nc3c2ncn3C(C)C)CC1. The first-order valence-electron chi connectivity index (χ1n) is 12.7. The number of imidazole rings is 1. The van der Waals surface area contributed by atoms with E-state index in [1.165, 1.54) is 0 Å². The summed E-state index contributed by atoms with van der Waals surface area (Å²) >= 11 is 0. The van der Waals surface area contributed by atoms with Gasteiger partial charge in [0.15, 0.2) is 17.0 Å². The van der Waals surface area contributed by atoms with Crippen LogP contribution in [0.15, 0.2) is 24.7 Å². The van der Waals surface area contributed by atoms with Gasteiger partial charge in [-0.2, -0.15) is 9.97 Å². The Balaban J connectivity index is 1.42. The molecule has 0 radical (unpaired) electrons. The maximum atomic E-state index is 6.14. The molecule has 3 N–H and O–H groups in total. The summed E-state index contributed by atoms with van der Waals surface area (Å²) in [5.74, 6) is 2.52. The fraction of sp³-hybridized carbons (Fsp3) is 0.600. The summed E-state index contributed by atoms with van der Waals surface area (Å²) < 4.78 is 7.65. The first-order valence-corrected chi connectivity index (χ1v) is 12.7. The topological polar surface area (TPSA) is 110 Å². The van der Waals surface area contributed by atoms with Crippen molar-refractivity contribution in [3.8, 4) is 0 Å². The van der Waals surface area contributed by atoms with Gasteiger partial charge in [-0.3, -0.25) is 0 Å². The Labute approximate surface area is 206 Å². The number of anilines is 3. The second-order valence-corrected chi connectivity index (χ2v) is 9.88. The van der Waals surface area contributed by atoms with Gasteiger partial charge in [-0.05, 0) is 45.6 Å². The van der Waals surface area contributed by atoms with Crippen molar-refractivity contribution in [3.05, 3.63) is 30.2 Å². The minimum absolute atomic E-state index is 0.255. The van der Waals surface area contributed by atoms with Crippen LogP contribution in [0.25, 0.3) is 11.2 Å². The first kappa shape index (κ1) is 23.7. The van der Waals surface area contributed by atoms with E-state index >= 15 is 0 Å². The largest absolute Gasteiger partial charge is 0.381 e. The summed E-state index contributed by atoms with van der Waals surface area (Å²) in [6.45, 7) is 8.52. The van der Waals surface area contributed by atoms with Crippen LogP contribution in [0.1, 0.15) is 51.1 Å². The van der Waals surface area contributed by atoms with Crippen LogP contribution >= 0.6 is 0 Å². The second-order valence-electron chi connectivity index (χ2n) is 9.88. The molecule has 3 aromatic rings. The molecule has 0 aromatic carbocycles. The van der Waals surface area contributed by atoms with E-state index in [-0.39, 0.29) is 12.1 Å². The lowest BCUT2D eigenvalue weighted by Gasteiger charge is -2.33. The molecule has 0 atom stereocenters. The number of aromatic nitrogens is 5. The molecule has 2 aliphatic rings. The number of nitrogens with one attached hydrogen (secondary N) is 1. The highest BCUT2D eigenvalue weighted by Crippen LogP contribution is 2.28. The standard InChI is InChI=1S/C25H37N9O/c1-17(2)34-16-29-21-22(30-25(31-24(21)34)33-11-6-19(26)7-12-33)28-15-18-5-4-10-27-23(18)32-13-8-20(35-3)9-14-32/h4-5,10,16-17,19-20H,6-9,11-15,26H2,1-3H3,(H,28,30,31). The molecule has 2 saturated heterocycles. The van der Waals surface area contributed by atoms with Crippen LogP contribution in [0, 0.1) is 0 Å². The summed E-state index contributed by atoms with van der Waals surface area (Å²) in [6, 6.07) is 4.64. The summed E-state index contributed by atoms with van der Waals surface area (Å²) in [6.07, 6.45) is 8.00. The van der Waals surface area contributed by atoms with Gasteiger partial charge < -0.3 is 30.2 Å². The minimum atomic E-state index is 0.255. The highest BCUT2D eigenvalue weighted by molar-refractivity contribution is 5.84. The summed E-state index contributed by atoms with van der Waals surface area (Å²) in [5, 5.41) is 3.57. The highest BCUT2D eigenvalue weighted by Gasteiger charge is 2.24. The molecule has 2 aliphatic heterocycles. The zero-order valence-electron chi connectivity index (χ0n) is 21.0. The molecule has 0 saturated carbocycles. The van der Waals surface area contributed by atoms with E-state index in [1.807, 2.05) is 18.6 Å². The van der Waals surface area contributed by atoms with Crippen LogP contribution in [-0.2, 0) is 11.3 Å². The Morgan fingerprint density at radius 2 is 1.80 bits per heavy atom. The molecule has 5 rings (SSSR count). The molecule has 0 spiro atoms. The molecule has 0 bridgehead atoms. The van der Waals surface area contributed by atoms with Crippen molar-refractivity contribution in [2.24, 2.45) is 5.73 Å². The molecule has 10 nitrogen and oxygen atoms in total. The van der Waals surface area contributed by atoms with Gasteiger partial charge in [-0.1, -0.05) is 6.07 Å². The van der Waals surface area contributed by atoms with Crippen molar-refractivity contribution in [2.75, 3.05) is 48.4 Å². The van der Waals surface area contributed by atoms with Crippen LogP contribution in [0.4, 0.5) is 17.6 Å². The number of nitrogens with two attached hydrogens (primary N) is 1. The number of hydrogen-bond donors (Lipinski definition) is 2. The molecular weight excluding hydrogens is 442 g/mol. The lowest BCUT2D eigenvalue weighted by Crippen LogP contribution is -2.40. The number of rotatable bonds is 7. The van der Waals surface area contributed by atoms with E-state index in [0.717, 1.165) is 86.2 Å². The van der Waals surface area contributed by atoms with Crippen molar-refractivity contribution in [2.45, 2.75) is 64.3 Å². The number of pyridine rings is 1. The third-order valence-electron chi connectivity index (χ3n) is 7.18. The number of ether oxygens (including phenoxy) is 1. The predicted octanol–water partition coefficient (Wildman–Crippen LogP) is 2.96. The summed E-state index contributed by atoms with van der Waals surface area (Å²) in [4.78, 5) is 23.9. The Bertz CT molecular complexity index is 1130. The van der Waals surface area contributed by atoms with E-state index in [1.54, 1.807) is 7.11 Å². The van der Waals surface area contributed by atoms with Gasteiger partial charge in [0.05, 0.1) is 12.4 Å². The van der Waals surface area contributed by atoms with Crippen molar-refractivity contribution in [3.63, 3.8) is 0 Å². The van der Waals surface area contributed by atoms with Gasteiger partial charge in [0.1, 0.15) is 5.82 Å². The lowest BCUT2D eigenvalue weighted by molar-refractivity contribution is 0.0817. The van der Waals surface area contributed by atoms with E-state index in [9.17, 15) is 0 Å². The van der Waals surface area contributed by atoms with Crippen LogP contribution < -0.4 is 20.9 Å². The molecule has 3 aromatic heterocycles. The van der Waals surface area contributed by atoms with Crippen molar-refractivity contribution in [1.29, 1.82) is 0 Å². The Morgan fingerprint density at radius 1 is 1.06 bits per heavy atom. The lowest BCUT2D eigenvalue weighted by atomic mass is 10.1. The quantitative estimate of drug-likeness (QED) is 0.528. The molecule has 0 unspecified atom stereocenters. The number of methoxy groups -OCH3 is 1. The van der Waals surface area contributed by atoms with Crippen LogP contribution in [0.3, 0.4) is 0 Å². The highest BCUT2D eigenvalue weighted by atomic mass is 16.5. The van der Waals surface area contributed by atoms with Crippen molar-refractivity contribution in [1.82, 2.24) is 24.5 Å². The maximum absolute atomic E-state index is 6.14. The molecule has 0 amide bonds. The molecule has 188 valence electrons. The minimum Gasteiger partial charge on any atom is -0.381 e.